The Morgan fingerprint density at radius 2 is 2.39 bits per heavy atom. The molecule has 1 saturated heterocycles. The Morgan fingerprint density at radius 1 is 1.61 bits per heavy atom. The van der Waals surface area contributed by atoms with Crippen LogP contribution in [0, 0.1) is 6.92 Å². The number of ether oxygens (including phenoxy) is 1. The van der Waals surface area contributed by atoms with E-state index < -0.39 is 0 Å². The molecule has 1 unspecified atom stereocenters. The van der Waals surface area contributed by atoms with Gasteiger partial charge in [-0.15, -0.1) is 11.8 Å². The van der Waals surface area contributed by atoms with Crippen LogP contribution in [0.1, 0.15) is 5.56 Å². The molecular weight excluding hydrogens is 272 g/mol. The molecule has 0 aromatic heterocycles. The summed E-state index contributed by atoms with van der Waals surface area (Å²) in [6.07, 6.45) is 0. The van der Waals surface area contributed by atoms with Gasteiger partial charge < -0.3 is 10.1 Å². The Bertz CT molecular complexity index is 462. The number of benzene rings is 1. The summed E-state index contributed by atoms with van der Waals surface area (Å²) in [5.74, 6) is 2.21. The van der Waals surface area contributed by atoms with E-state index in [2.05, 4.69) is 10.6 Å². The molecule has 1 aromatic carbocycles. The van der Waals surface area contributed by atoms with Crippen molar-refractivity contribution in [3.8, 4) is 5.75 Å². The van der Waals surface area contributed by atoms with Crippen molar-refractivity contribution >= 4 is 35.0 Å². The summed E-state index contributed by atoms with van der Waals surface area (Å²) in [5, 5.41) is 6.51. The van der Waals surface area contributed by atoms with Crippen molar-refractivity contribution in [1.82, 2.24) is 5.32 Å². The van der Waals surface area contributed by atoms with Crippen LogP contribution in [0.15, 0.2) is 12.1 Å². The number of aryl methyl sites for hydroxylation is 1. The maximum atomic E-state index is 12.0. The van der Waals surface area contributed by atoms with Crippen LogP contribution in [-0.4, -0.2) is 30.7 Å². The van der Waals surface area contributed by atoms with Crippen molar-refractivity contribution < 1.29 is 9.53 Å². The second-order valence-corrected chi connectivity index (χ2v) is 5.50. The highest BCUT2D eigenvalue weighted by molar-refractivity contribution is 7.99. The summed E-state index contributed by atoms with van der Waals surface area (Å²) >= 11 is 7.77. The summed E-state index contributed by atoms with van der Waals surface area (Å²) in [5.41, 5.74) is 1.65. The van der Waals surface area contributed by atoms with Crippen LogP contribution in [0.3, 0.4) is 0 Å². The highest BCUT2D eigenvalue weighted by Gasteiger charge is 2.23. The van der Waals surface area contributed by atoms with Crippen molar-refractivity contribution in [2.45, 2.75) is 13.0 Å². The molecule has 1 amide bonds. The Morgan fingerprint density at radius 3 is 3.00 bits per heavy atom. The van der Waals surface area contributed by atoms with E-state index >= 15 is 0 Å². The fourth-order valence-electron chi connectivity index (χ4n) is 1.73. The summed E-state index contributed by atoms with van der Waals surface area (Å²) in [6, 6.07) is 3.40. The monoisotopic (exact) mass is 286 g/mol. The molecule has 0 bridgehead atoms. The smallest absolute Gasteiger partial charge is 0.242 e. The SMILES string of the molecule is COc1cc(C)c(NC(=O)C2CSCN2)cc1Cl. The normalized spacial score (nSPS) is 18.7. The Balaban J connectivity index is 2.13. The third-order valence-electron chi connectivity index (χ3n) is 2.79. The molecule has 18 heavy (non-hydrogen) atoms. The van der Waals surface area contributed by atoms with E-state index in [1.165, 1.54) is 0 Å². The van der Waals surface area contributed by atoms with E-state index in [4.69, 9.17) is 16.3 Å². The quantitative estimate of drug-likeness (QED) is 0.895. The first-order chi connectivity index (χ1) is 8.61. The predicted octanol–water partition coefficient (Wildman–Crippen LogP) is 2.26. The molecule has 6 heteroatoms. The van der Waals surface area contributed by atoms with Gasteiger partial charge in [-0.25, -0.2) is 0 Å². The third-order valence-corrected chi connectivity index (χ3v) is 4.02. The number of thioether (sulfide) groups is 1. The number of nitrogens with one attached hydrogen (secondary N) is 2. The maximum Gasteiger partial charge on any atom is 0.242 e. The first-order valence-corrected chi connectivity index (χ1v) is 7.11. The van der Waals surface area contributed by atoms with Gasteiger partial charge in [0.05, 0.1) is 18.2 Å². The predicted molar refractivity (Wildman–Crippen MR) is 75.6 cm³/mol. The Hall–Kier alpha value is -0.910. The summed E-state index contributed by atoms with van der Waals surface area (Å²) in [7, 11) is 1.57. The molecule has 2 rings (SSSR count). The Kier molecular flexibility index (Phi) is 4.37. The minimum absolute atomic E-state index is 0.0238. The molecule has 0 spiro atoms. The molecule has 1 heterocycles. The highest BCUT2D eigenvalue weighted by Crippen LogP contribution is 2.30. The second-order valence-electron chi connectivity index (χ2n) is 4.06. The van der Waals surface area contributed by atoms with Crippen LogP contribution in [-0.2, 0) is 4.79 Å². The lowest BCUT2D eigenvalue weighted by Gasteiger charge is -2.14. The van der Waals surface area contributed by atoms with Gasteiger partial charge in [-0.1, -0.05) is 11.6 Å². The number of anilines is 1. The molecule has 0 radical (unpaired) electrons. The zero-order chi connectivity index (χ0) is 13.1. The number of halogens is 1. The van der Waals surface area contributed by atoms with E-state index in [0.717, 1.165) is 22.9 Å². The summed E-state index contributed by atoms with van der Waals surface area (Å²) in [4.78, 5) is 12.0. The summed E-state index contributed by atoms with van der Waals surface area (Å²) in [6.45, 7) is 1.91. The lowest BCUT2D eigenvalue weighted by molar-refractivity contribution is -0.117. The summed E-state index contributed by atoms with van der Waals surface area (Å²) < 4.78 is 5.13. The largest absolute Gasteiger partial charge is 0.495 e. The Labute approximate surface area is 115 Å². The average molecular weight is 287 g/mol. The highest BCUT2D eigenvalue weighted by atomic mass is 35.5. The zero-order valence-electron chi connectivity index (χ0n) is 10.2. The van der Waals surface area contributed by atoms with Gasteiger partial charge in [0.1, 0.15) is 5.75 Å². The van der Waals surface area contributed by atoms with Gasteiger partial charge in [-0.05, 0) is 24.6 Å². The van der Waals surface area contributed by atoms with Gasteiger partial charge in [-0.2, -0.15) is 0 Å². The van der Waals surface area contributed by atoms with E-state index in [1.807, 2.05) is 13.0 Å². The van der Waals surface area contributed by atoms with Crippen LogP contribution in [0.2, 0.25) is 5.02 Å². The first-order valence-electron chi connectivity index (χ1n) is 5.58. The second kappa shape index (κ2) is 5.82. The molecule has 0 aliphatic carbocycles. The fourth-order valence-corrected chi connectivity index (χ4v) is 2.91. The number of hydrogen-bond donors (Lipinski definition) is 2. The minimum Gasteiger partial charge on any atom is -0.495 e. The van der Waals surface area contributed by atoms with Crippen molar-refractivity contribution in [2.24, 2.45) is 0 Å². The van der Waals surface area contributed by atoms with Gasteiger partial charge >= 0.3 is 0 Å². The lowest BCUT2D eigenvalue weighted by atomic mass is 10.1. The number of carbonyl (C=O) groups is 1. The topological polar surface area (TPSA) is 50.4 Å². The molecule has 0 saturated carbocycles. The van der Waals surface area contributed by atoms with Crippen LogP contribution in [0.25, 0.3) is 0 Å². The van der Waals surface area contributed by atoms with Crippen molar-refractivity contribution in [1.29, 1.82) is 0 Å². The molecule has 2 N–H and O–H groups in total. The maximum absolute atomic E-state index is 12.0. The molecule has 98 valence electrons. The van der Waals surface area contributed by atoms with Crippen LogP contribution in [0.4, 0.5) is 5.69 Å². The fraction of sp³-hybridized carbons (Fsp3) is 0.417. The van der Waals surface area contributed by atoms with E-state index in [9.17, 15) is 4.79 Å². The lowest BCUT2D eigenvalue weighted by Crippen LogP contribution is -2.37. The van der Waals surface area contributed by atoms with Crippen LogP contribution < -0.4 is 15.4 Å². The van der Waals surface area contributed by atoms with Gasteiger partial charge in [0.25, 0.3) is 0 Å². The number of hydrogen-bond acceptors (Lipinski definition) is 4. The molecule has 1 aliphatic heterocycles. The van der Waals surface area contributed by atoms with Gasteiger partial charge in [-0.3, -0.25) is 10.1 Å². The van der Waals surface area contributed by atoms with E-state index in [-0.39, 0.29) is 11.9 Å². The molecule has 1 aliphatic rings. The van der Waals surface area contributed by atoms with Gasteiger partial charge in [0, 0.05) is 17.3 Å². The standard InChI is InChI=1S/C12H15ClN2O2S/c1-7-3-11(17-2)8(13)4-9(7)15-12(16)10-5-18-6-14-10/h3-4,10,14H,5-6H2,1-2H3,(H,15,16). The zero-order valence-corrected chi connectivity index (χ0v) is 11.8. The molecule has 1 fully saturated rings. The average Bonchev–Trinajstić information content (AvgIpc) is 2.87. The number of methoxy groups -OCH3 is 1. The molecule has 1 aromatic rings. The van der Waals surface area contributed by atoms with E-state index in [1.54, 1.807) is 24.9 Å². The minimum atomic E-state index is -0.129. The molecule has 1 atom stereocenters. The van der Waals surface area contributed by atoms with E-state index in [0.29, 0.717) is 10.8 Å². The van der Waals surface area contributed by atoms with Crippen LogP contribution in [0.5, 0.6) is 5.75 Å². The molecular formula is C12H15ClN2O2S. The number of rotatable bonds is 3. The van der Waals surface area contributed by atoms with Crippen molar-refractivity contribution in [2.75, 3.05) is 24.1 Å². The van der Waals surface area contributed by atoms with Gasteiger partial charge in [0.15, 0.2) is 0 Å². The van der Waals surface area contributed by atoms with Gasteiger partial charge in [0.2, 0.25) is 5.91 Å². The van der Waals surface area contributed by atoms with Crippen LogP contribution >= 0.6 is 23.4 Å². The third kappa shape index (κ3) is 2.91. The number of carbonyl (C=O) groups excluding carboxylic acids is 1. The molecule has 4 nitrogen and oxygen atoms in total. The first kappa shape index (κ1) is 13.5. The van der Waals surface area contributed by atoms with Crippen molar-refractivity contribution in [3.63, 3.8) is 0 Å². The van der Waals surface area contributed by atoms with Crippen molar-refractivity contribution in [3.05, 3.63) is 22.7 Å². The number of amides is 1.